The Bertz CT molecular complexity index is 356. The van der Waals surface area contributed by atoms with Crippen LogP contribution in [-0.2, 0) is 14.8 Å². The normalized spacial score (nSPS) is 25.1. The molecule has 1 saturated heterocycles. The predicted octanol–water partition coefficient (Wildman–Crippen LogP) is -0.0650. The van der Waals surface area contributed by atoms with Crippen LogP contribution in [0.2, 0.25) is 0 Å². The summed E-state index contributed by atoms with van der Waals surface area (Å²) in [5.74, 6) is -0.228. The third kappa shape index (κ3) is 2.15. The van der Waals surface area contributed by atoms with Gasteiger partial charge < -0.3 is 5.32 Å². The van der Waals surface area contributed by atoms with Crippen molar-refractivity contribution in [3.05, 3.63) is 0 Å². The van der Waals surface area contributed by atoms with Gasteiger partial charge in [0.05, 0.1) is 4.75 Å². The zero-order chi connectivity index (χ0) is 11.9. The zero-order valence-corrected chi connectivity index (χ0v) is 10.4. The van der Waals surface area contributed by atoms with E-state index in [0.717, 1.165) is 0 Å². The third-order valence-electron chi connectivity index (χ3n) is 2.53. The first-order chi connectivity index (χ1) is 6.68. The van der Waals surface area contributed by atoms with Crippen LogP contribution in [0.1, 0.15) is 27.7 Å². The van der Waals surface area contributed by atoms with Crippen LogP contribution >= 0.6 is 0 Å². The molecular formula is C9H18N2O3S. The number of hydrogen-bond donors (Lipinski definition) is 1. The van der Waals surface area contributed by atoms with E-state index in [0.29, 0.717) is 13.1 Å². The summed E-state index contributed by atoms with van der Waals surface area (Å²) in [5, 5.41) is 2.64. The Morgan fingerprint density at radius 2 is 1.93 bits per heavy atom. The molecule has 0 aromatic rings. The number of carbonyl (C=O) groups is 1. The minimum absolute atomic E-state index is 0.228. The van der Waals surface area contributed by atoms with Crippen molar-refractivity contribution in [2.24, 2.45) is 0 Å². The summed E-state index contributed by atoms with van der Waals surface area (Å²) < 4.78 is 24.6. The molecule has 1 N–H and O–H groups in total. The van der Waals surface area contributed by atoms with Crippen LogP contribution in [0.5, 0.6) is 0 Å². The van der Waals surface area contributed by atoms with Crippen molar-refractivity contribution in [3.63, 3.8) is 0 Å². The molecule has 1 atom stereocenters. The molecule has 1 amide bonds. The lowest BCUT2D eigenvalue weighted by atomic mass is 10.2. The van der Waals surface area contributed by atoms with Gasteiger partial charge in [-0.25, -0.2) is 8.42 Å². The summed E-state index contributed by atoms with van der Waals surface area (Å²) in [5.41, 5.74) is 0. The van der Waals surface area contributed by atoms with Crippen LogP contribution < -0.4 is 5.32 Å². The van der Waals surface area contributed by atoms with Gasteiger partial charge in [0.2, 0.25) is 15.9 Å². The lowest BCUT2D eigenvalue weighted by molar-refractivity contribution is -0.126. The van der Waals surface area contributed by atoms with Crippen LogP contribution in [-0.4, -0.2) is 42.5 Å². The number of rotatable bonds is 1. The van der Waals surface area contributed by atoms with Crippen molar-refractivity contribution in [1.29, 1.82) is 0 Å². The molecule has 88 valence electrons. The maximum atomic E-state index is 12.1. The van der Waals surface area contributed by atoms with Crippen molar-refractivity contribution in [1.82, 2.24) is 9.62 Å². The number of nitrogens with one attached hydrogen (secondary N) is 1. The van der Waals surface area contributed by atoms with Gasteiger partial charge in [-0.15, -0.1) is 0 Å². The second-order valence-corrected chi connectivity index (χ2v) is 7.34. The molecule has 5 nitrogen and oxygen atoms in total. The zero-order valence-electron chi connectivity index (χ0n) is 9.57. The van der Waals surface area contributed by atoms with Crippen LogP contribution in [0.25, 0.3) is 0 Å². The first kappa shape index (κ1) is 12.4. The topological polar surface area (TPSA) is 66.5 Å². The number of nitrogens with zero attached hydrogens (tertiary/aromatic N) is 1. The highest BCUT2D eigenvalue weighted by Crippen LogP contribution is 2.23. The number of hydrogen-bond acceptors (Lipinski definition) is 3. The molecule has 0 aromatic heterocycles. The summed E-state index contributed by atoms with van der Waals surface area (Å²) in [4.78, 5) is 11.4. The predicted molar refractivity (Wildman–Crippen MR) is 57.9 cm³/mol. The van der Waals surface area contributed by atoms with E-state index in [1.165, 1.54) is 4.31 Å². The van der Waals surface area contributed by atoms with E-state index in [1.807, 2.05) is 0 Å². The summed E-state index contributed by atoms with van der Waals surface area (Å²) in [6.07, 6.45) is 0. The number of amides is 1. The monoisotopic (exact) mass is 234 g/mol. The maximum absolute atomic E-state index is 12.1. The van der Waals surface area contributed by atoms with E-state index >= 15 is 0 Å². The molecule has 0 aliphatic carbocycles. The Balaban J connectivity index is 3.03. The molecular weight excluding hydrogens is 216 g/mol. The van der Waals surface area contributed by atoms with E-state index in [-0.39, 0.29) is 5.91 Å². The highest BCUT2D eigenvalue weighted by atomic mass is 32.2. The molecule has 0 spiro atoms. The summed E-state index contributed by atoms with van der Waals surface area (Å²) in [6.45, 7) is 7.27. The summed E-state index contributed by atoms with van der Waals surface area (Å²) in [7, 11) is -3.41. The quantitative estimate of drug-likeness (QED) is 0.691. The second-order valence-electron chi connectivity index (χ2n) is 4.70. The smallest absolute Gasteiger partial charge is 0.238 e. The average Bonchev–Trinajstić information content (AvgIpc) is 2.07. The van der Waals surface area contributed by atoms with Gasteiger partial charge in [0.15, 0.2) is 0 Å². The van der Waals surface area contributed by atoms with Crippen molar-refractivity contribution >= 4 is 15.9 Å². The fourth-order valence-corrected chi connectivity index (χ4v) is 2.99. The molecule has 1 aliphatic rings. The largest absolute Gasteiger partial charge is 0.353 e. The molecule has 0 aromatic carbocycles. The molecule has 15 heavy (non-hydrogen) atoms. The SMILES string of the molecule is CC1C(=O)NCCN1S(=O)(=O)C(C)(C)C. The minimum atomic E-state index is -3.41. The highest BCUT2D eigenvalue weighted by Gasteiger charge is 2.41. The standard InChI is InChI=1S/C9H18N2O3S/c1-7-8(12)10-5-6-11(7)15(13,14)9(2,3)4/h7H,5-6H2,1-4H3,(H,10,12). The number of piperazine rings is 1. The fraction of sp³-hybridized carbons (Fsp3) is 0.889. The van der Waals surface area contributed by atoms with E-state index in [2.05, 4.69) is 5.32 Å². The molecule has 0 radical (unpaired) electrons. The van der Waals surface area contributed by atoms with E-state index in [9.17, 15) is 13.2 Å². The van der Waals surface area contributed by atoms with E-state index in [1.54, 1.807) is 27.7 Å². The van der Waals surface area contributed by atoms with Crippen LogP contribution in [0, 0.1) is 0 Å². The average molecular weight is 234 g/mol. The molecule has 0 saturated carbocycles. The van der Waals surface area contributed by atoms with Crippen molar-refractivity contribution < 1.29 is 13.2 Å². The lowest BCUT2D eigenvalue weighted by Crippen LogP contribution is -2.58. The Hall–Kier alpha value is -0.620. The lowest BCUT2D eigenvalue weighted by Gasteiger charge is -2.36. The molecule has 0 bridgehead atoms. The van der Waals surface area contributed by atoms with Crippen molar-refractivity contribution in [3.8, 4) is 0 Å². The van der Waals surface area contributed by atoms with Crippen LogP contribution in [0.4, 0.5) is 0 Å². The molecule has 1 aliphatic heterocycles. The van der Waals surface area contributed by atoms with E-state index in [4.69, 9.17) is 0 Å². The van der Waals surface area contributed by atoms with Gasteiger partial charge in [-0.05, 0) is 27.7 Å². The van der Waals surface area contributed by atoms with Gasteiger partial charge >= 0.3 is 0 Å². The van der Waals surface area contributed by atoms with Crippen LogP contribution in [0.15, 0.2) is 0 Å². The Kier molecular flexibility index (Phi) is 3.11. The Labute approximate surface area is 90.9 Å². The Morgan fingerprint density at radius 3 is 2.40 bits per heavy atom. The van der Waals surface area contributed by atoms with Gasteiger partial charge in [0.25, 0.3) is 0 Å². The van der Waals surface area contributed by atoms with Gasteiger partial charge in [-0.1, -0.05) is 0 Å². The molecule has 6 heteroatoms. The molecule has 1 fully saturated rings. The number of sulfonamides is 1. The second kappa shape index (κ2) is 3.75. The molecule has 1 heterocycles. The maximum Gasteiger partial charge on any atom is 0.238 e. The van der Waals surface area contributed by atoms with E-state index < -0.39 is 20.8 Å². The number of carbonyl (C=O) groups excluding carboxylic acids is 1. The first-order valence-electron chi connectivity index (χ1n) is 4.97. The summed E-state index contributed by atoms with van der Waals surface area (Å²) in [6, 6.07) is -0.608. The van der Waals surface area contributed by atoms with Crippen molar-refractivity contribution in [2.45, 2.75) is 38.5 Å². The van der Waals surface area contributed by atoms with Gasteiger partial charge in [0.1, 0.15) is 6.04 Å². The third-order valence-corrected chi connectivity index (χ3v) is 5.19. The molecule has 1 unspecified atom stereocenters. The van der Waals surface area contributed by atoms with Crippen molar-refractivity contribution in [2.75, 3.05) is 13.1 Å². The Morgan fingerprint density at radius 1 is 1.40 bits per heavy atom. The summed E-state index contributed by atoms with van der Waals surface area (Å²) >= 11 is 0. The fourth-order valence-electron chi connectivity index (χ4n) is 1.44. The minimum Gasteiger partial charge on any atom is -0.353 e. The molecule has 1 rings (SSSR count). The highest BCUT2D eigenvalue weighted by molar-refractivity contribution is 7.90. The van der Waals surface area contributed by atoms with Crippen LogP contribution in [0.3, 0.4) is 0 Å². The van der Waals surface area contributed by atoms with Gasteiger partial charge in [-0.3, -0.25) is 4.79 Å². The van der Waals surface area contributed by atoms with Gasteiger partial charge in [0, 0.05) is 13.1 Å². The first-order valence-corrected chi connectivity index (χ1v) is 6.41. The van der Waals surface area contributed by atoms with Gasteiger partial charge in [-0.2, -0.15) is 4.31 Å².